The summed E-state index contributed by atoms with van der Waals surface area (Å²) in [5.41, 5.74) is 0. The average Bonchev–Trinajstić information content (AvgIpc) is 1.66. The van der Waals surface area contributed by atoms with Crippen LogP contribution in [0.1, 0.15) is 32.6 Å². The topological polar surface area (TPSA) is 0 Å². The maximum Gasteiger partial charge on any atom is 0.0448 e. The van der Waals surface area contributed by atoms with Gasteiger partial charge in [-0.05, 0) is 12.8 Å². The van der Waals surface area contributed by atoms with Crippen LogP contribution < -0.4 is 0 Å². The van der Waals surface area contributed by atoms with Crippen molar-refractivity contribution < 1.29 is 0 Å². The molecule has 0 aromatic heterocycles. The Hall–Kier alpha value is 0.440. The van der Waals surface area contributed by atoms with Gasteiger partial charge in [0.25, 0.3) is 0 Å². The van der Waals surface area contributed by atoms with Crippen LogP contribution in [0.2, 0.25) is 0 Å². The van der Waals surface area contributed by atoms with E-state index in [2.05, 4.69) is 19.6 Å². The van der Waals surface area contributed by atoms with Crippen molar-refractivity contribution in [2.75, 3.05) is 0 Å². The SMILES string of the molecule is CCCCCC(=S)S. The van der Waals surface area contributed by atoms with Gasteiger partial charge in [0.2, 0.25) is 0 Å². The van der Waals surface area contributed by atoms with Crippen molar-refractivity contribution in [3.05, 3.63) is 0 Å². The van der Waals surface area contributed by atoms with Crippen LogP contribution in [0.5, 0.6) is 0 Å². The third-order valence-corrected chi connectivity index (χ3v) is 1.42. The standard InChI is InChI=1S/C6H12S2/c1-2-3-4-5-6(7)8/h2-5H2,1H3,(H,7,8). The van der Waals surface area contributed by atoms with Gasteiger partial charge in [-0.1, -0.05) is 32.0 Å². The molecule has 0 N–H and O–H groups in total. The van der Waals surface area contributed by atoms with Gasteiger partial charge in [0.1, 0.15) is 0 Å². The summed E-state index contributed by atoms with van der Waals surface area (Å²) in [6, 6.07) is 0. The van der Waals surface area contributed by atoms with Gasteiger partial charge in [-0.15, -0.1) is 12.6 Å². The second-order valence-electron chi connectivity index (χ2n) is 1.85. The molecule has 8 heavy (non-hydrogen) atoms. The van der Waals surface area contributed by atoms with Crippen molar-refractivity contribution in [2.45, 2.75) is 32.6 Å². The highest BCUT2D eigenvalue weighted by molar-refractivity contribution is 8.11. The van der Waals surface area contributed by atoms with Crippen molar-refractivity contribution in [3.63, 3.8) is 0 Å². The summed E-state index contributed by atoms with van der Waals surface area (Å²) in [5.74, 6) is 0. The van der Waals surface area contributed by atoms with Crippen molar-refractivity contribution >= 4 is 29.0 Å². The van der Waals surface area contributed by atoms with E-state index in [4.69, 9.17) is 12.2 Å². The van der Waals surface area contributed by atoms with Crippen molar-refractivity contribution in [3.8, 4) is 0 Å². The van der Waals surface area contributed by atoms with E-state index in [1.807, 2.05) is 0 Å². The molecule has 0 aliphatic carbocycles. The molecule has 0 aliphatic rings. The lowest BCUT2D eigenvalue weighted by molar-refractivity contribution is 0.747. The minimum atomic E-state index is 0.846. The number of hydrogen-bond acceptors (Lipinski definition) is 1. The number of hydrogen-bond donors (Lipinski definition) is 1. The van der Waals surface area contributed by atoms with E-state index in [-0.39, 0.29) is 0 Å². The van der Waals surface area contributed by atoms with Gasteiger partial charge in [0, 0.05) is 4.20 Å². The molecule has 0 rings (SSSR count). The molecule has 2 heteroatoms. The van der Waals surface area contributed by atoms with Gasteiger partial charge in [-0.2, -0.15) is 0 Å². The molecular formula is C6H12S2. The quantitative estimate of drug-likeness (QED) is 0.363. The molecule has 0 radical (unpaired) electrons. The average molecular weight is 148 g/mol. The molecule has 0 aromatic carbocycles. The Labute approximate surface area is 62.1 Å². The molecule has 0 bridgehead atoms. The fraction of sp³-hybridized carbons (Fsp3) is 0.833. The lowest BCUT2D eigenvalue weighted by Gasteiger charge is -1.92. The van der Waals surface area contributed by atoms with Gasteiger partial charge in [-0.3, -0.25) is 0 Å². The predicted octanol–water partition coefficient (Wildman–Crippen LogP) is 2.82. The van der Waals surface area contributed by atoms with E-state index in [0.717, 1.165) is 10.6 Å². The molecule has 0 heterocycles. The maximum absolute atomic E-state index is 4.77. The molecule has 0 atom stereocenters. The summed E-state index contributed by atoms with van der Waals surface area (Å²) in [6.07, 6.45) is 4.75. The van der Waals surface area contributed by atoms with Crippen LogP contribution in [-0.4, -0.2) is 4.20 Å². The summed E-state index contributed by atoms with van der Waals surface area (Å²) in [6.45, 7) is 2.18. The van der Waals surface area contributed by atoms with Crippen molar-refractivity contribution in [1.82, 2.24) is 0 Å². The highest BCUT2D eigenvalue weighted by Crippen LogP contribution is 2.02. The molecule has 0 aliphatic heterocycles. The fourth-order valence-corrected chi connectivity index (χ4v) is 0.829. The Morgan fingerprint density at radius 3 is 2.50 bits per heavy atom. The molecule has 0 saturated heterocycles. The van der Waals surface area contributed by atoms with E-state index in [0.29, 0.717) is 0 Å². The highest BCUT2D eigenvalue weighted by Gasteiger charge is 1.87. The van der Waals surface area contributed by atoms with Gasteiger partial charge in [0.05, 0.1) is 0 Å². The third kappa shape index (κ3) is 6.44. The van der Waals surface area contributed by atoms with Crippen molar-refractivity contribution in [1.29, 1.82) is 0 Å². The molecular weight excluding hydrogens is 136 g/mol. The molecule has 0 spiro atoms. The smallest absolute Gasteiger partial charge is 0.0448 e. The van der Waals surface area contributed by atoms with E-state index in [1.165, 1.54) is 19.3 Å². The normalized spacial score (nSPS) is 9.25. The molecule has 0 nitrogen and oxygen atoms in total. The summed E-state index contributed by atoms with van der Waals surface area (Å²) >= 11 is 8.78. The summed E-state index contributed by atoms with van der Waals surface area (Å²) in [4.78, 5) is 0. The van der Waals surface area contributed by atoms with Crippen LogP contribution in [-0.2, 0) is 0 Å². The molecule has 48 valence electrons. The monoisotopic (exact) mass is 148 g/mol. The Balaban J connectivity index is 2.82. The molecule has 0 fully saturated rings. The van der Waals surface area contributed by atoms with Crippen LogP contribution in [0.15, 0.2) is 0 Å². The van der Waals surface area contributed by atoms with Crippen LogP contribution >= 0.6 is 24.8 Å². The number of rotatable bonds is 4. The molecule has 0 saturated carbocycles. The number of thiocarbonyl (C=S) groups is 1. The van der Waals surface area contributed by atoms with E-state index in [1.54, 1.807) is 0 Å². The van der Waals surface area contributed by atoms with Crippen molar-refractivity contribution in [2.24, 2.45) is 0 Å². The Morgan fingerprint density at radius 2 is 2.12 bits per heavy atom. The lowest BCUT2D eigenvalue weighted by atomic mass is 10.2. The maximum atomic E-state index is 4.77. The second-order valence-corrected chi connectivity index (χ2v) is 3.19. The zero-order valence-electron chi connectivity index (χ0n) is 5.18. The zero-order valence-corrected chi connectivity index (χ0v) is 6.89. The van der Waals surface area contributed by atoms with Gasteiger partial charge < -0.3 is 0 Å². The largest absolute Gasteiger partial charge is 0.136 e. The molecule has 0 unspecified atom stereocenters. The predicted molar refractivity (Wildman–Crippen MR) is 45.7 cm³/mol. The second kappa shape index (κ2) is 5.57. The Kier molecular flexibility index (Phi) is 5.88. The van der Waals surface area contributed by atoms with Gasteiger partial charge in [-0.25, -0.2) is 0 Å². The lowest BCUT2D eigenvalue weighted by Crippen LogP contribution is -1.81. The first-order valence-electron chi connectivity index (χ1n) is 2.99. The molecule has 0 aromatic rings. The van der Waals surface area contributed by atoms with Crippen LogP contribution in [0.3, 0.4) is 0 Å². The fourth-order valence-electron chi connectivity index (χ4n) is 0.526. The molecule has 0 amide bonds. The Bertz CT molecular complexity index is 68.9. The summed E-state index contributed by atoms with van der Waals surface area (Å²) in [5, 5.41) is 0. The van der Waals surface area contributed by atoms with Crippen LogP contribution in [0, 0.1) is 0 Å². The first-order chi connectivity index (χ1) is 3.77. The minimum absolute atomic E-state index is 0.846. The number of unbranched alkanes of at least 4 members (excludes halogenated alkanes) is 2. The van der Waals surface area contributed by atoms with E-state index >= 15 is 0 Å². The zero-order chi connectivity index (χ0) is 6.41. The van der Waals surface area contributed by atoms with Gasteiger partial charge >= 0.3 is 0 Å². The first kappa shape index (κ1) is 8.44. The third-order valence-electron chi connectivity index (χ3n) is 0.994. The summed E-state index contributed by atoms with van der Waals surface area (Å²) < 4.78 is 0.846. The van der Waals surface area contributed by atoms with Gasteiger partial charge in [0.15, 0.2) is 0 Å². The number of thiol groups is 1. The first-order valence-corrected chi connectivity index (χ1v) is 3.84. The minimum Gasteiger partial charge on any atom is -0.136 e. The Morgan fingerprint density at radius 1 is 1.50 bits per heavy atom. The van der Waals surface area contributed by atoms with E-state index in [9.17, 15) is 0 Å². The van der Waals surface area contributed by atoms with Crippen LogP contribution in [0.25, 0.3) is 0 Å². The highest BCUT2D eigenvalue weighted by atomic mass is 32.1. The summed E-state index contributed by atoms with van der Waals surface area (Å²) in [7, 11) is 0. The van der Waals surface area contributed by atoms with Crippen LogP contribution in [0.4, 0.5) is 0 Å². The van der Waals surface area contributed by atoms with E-state index < -0.39 is 0 Å².